The summed E-state index contributed by atoms with van der Waals surface area (Å²) in [6, 6.07) is 0. The molecule has 0 aromatic heterocycles. The van der Waals surface area contributed by atoms with E-state index in [-0.39, 0.29) is 46.7 Å². The average molecular weight is 132 g/mol. The summed E-state index contributed by atoms with van der Waals surface area (Å²) in [6.45, 7) is 0. The van der Waals surface area contributed by atoms with Gasteiger partial charge in [-0.15, -0.1) is 0 Å². The molecule has 0 fully saturated rings. The number of thiol groups is 1. The minimum atomic E-state index is -0.381. The van der Waals surface area contributed by atoms with Gasteiger partial charge in [-0.2, -0.15) is 12.6 Å². The van der Waals surface area contributed by atoms with Gasteiger partial charge in [-0.1, -0.05) is 0 Å². The van der Waals surface area contributed by atoms with Gasteiger partial charge in [0.2, 0.25) is 5.91 Å². The molecule has 1 amide bonds. The fraction of sp³-hybridized carbons (Fsp3) is 0.500. The summed E-state index contributed by atoms with van der Waals surface area (Å²) in [6.07, 6.45) is 0. The van der Waals surface area contributed by atoms with E-state index in [0.717, 1.165) is 0 Å². The van der Waals surface area contributed by atoms with Gasteiger partial charge in [0.1, 0.15) is 0 Å². The van der Waals surface area contributed by atoms with Crippen LogP contribution in [0.5, 0.6) is 0 Å². The Morgan fingerprint density at radius 1 is 1.71 bits per heavy atom. The molecule has 0 unspecified atom stereocenters. The monoisotopic (exact) mass is 132 g/mol. The van der Waals surface area contributed by atoms with Crippen LogP contribution in [0.3, 0.4) is 0 Å². The summed E-state index contributed by atoms with van der Waals surface area (Å²) in [5.41, 5.74) is 4.58. The Hall–Kier alpha value is 0.780. The molecule has 0 aliphatic rings. The molecule has 0 atom stereocenters. The van der Waals surface area contributed by atoms with Gasteiger partial charge in [0.05, 0.1) is 5.75 Å². The number of nitrogens with two attached hydrogens (primary N) is 1. The Bertz CT molecular complexity index is 51.0. The fourth-order valence-electron chi connectivity index (χ4n) is 0. The van der Waals surface area contributed by atoms with Crippen LogP contribution in [-0.4, -0.2) is 17.1 Å². The van der Waals surface area contributed by atoms with Gasteiger partial charge >= 0.3 is 29.6 Å². The van der Waals surface area contributed by atoms with E-state index in [9.17, 15) is 4.79 Å². The number of hydrogen-bond donors (Lipinski definition) is 2. The van der Waals surface area contributed by atoms with Gasteiger partial charge < -0.3 is 11.2 Å². The van der Waals surface area contributed by atoms with Gasteiger partial charge in [0, 0.05) is 0 Å². The SMILES string of the molecule is NC(=O)CS.O.[Na+]. The maximum absolute atomic E-state index is 9.51. The van der Waals surface area contributed by atoms with Crippen molar-refractivity contribution in [2.24, 2.45) is 5.73 Å². The van der Waals surface area contributed by atoms with Crippen LogP contribution in [0.1, 0.15) is 0 Å². The standard InChI is InChI=1S/C2H5NOS.Na.H2O/c3-2(4)1-5;;/h5H,1H2,(H2,3,4);;1H2/q;+1;. The van der Waals surface area contributed by atoms with Crippen LogP contribution in [0.4, 0.5) is 0 Å². The van der Waals surface area contributed by atoms with Crippen molar-refractivity contribution in [1.29, 1.82) is 0 Å². The van der Waals surface area contributed by atoms with Crippen LogP contribution in [0.15, 0.2) is 0 Å². The van der Waals surface area contributed by atoms with Gasteiger partial charge in [-0.3, -0.25) is 4.79 Å². The zero-order chi connectivity index (χ0) is 4.28. The van der Waals surface area contributed by atoms with Crippen LogP contribution in [0.2, 0.25) is 0 Å². The normalized spacial score (nSPS) is 5.29. The van der Waals surface area contributed by atoms with Gasteiger partial charge in [-0.25, -0.2) is 0 Å². The summed E-state index contributed by atoms with van der Waals surface area (Å²) < 4.78 is 0. The van der Waals surface area contributed by atoms with E-state index in [1.165, 1.54) is 0 Å². The Kier molecular flexibility index (Phi) is 22.2. The molecule has 0 radical (unpaired) electrons. The number of rotatable bonds is 1. The Morgan fingerprint density at radius 2 is 1.86 bits per heavy atom. The molecule has 3 nitrogen and oxygen atoms in total. The number of carbonyl (C=O) groups excluding carboxylic acids is 1. The van der Waals surface area contributed by atoms with E-state index in [1.807, 2.05) is 0 Å². The molecule has 0 aliphatic heterocycles. The largest absolute Gasteiger partial charge is 1.00 e. The molecular weight excluding hydrogens is 125 g/mol. The van der Waals surface area contributed by atoms with Gasteiger partial charge in [0.25, 0.3) is 0 Å². The van der Waals surface area contributed by atoms with E-state index < -0.39 is 0 Å². The molecule has 5 heteroatoms. The van der Waals surface area contributed by atoms with Gasteiger partial charge in [0.15, 0.2) is 0 Å². The van der Waals surface area contributed by atoms with E-state index in [0.29, 0.717) is 0 Å². The molecule has 0 spiro atoms. The molecule has 38 valence electrons. The summed E-state index contributed by atoms with van der Waals surface area (Å²) in [5, 5.41) is 0. The first kappa shape index (κ1) is 15.7. The summed E-state index contributed by atoms with van der Waals surface area (Å²) >= 11 is 3.54. The van der Waals surface area contributed by atoms with Crippen molar-refractivity contribution in [3.63, 3.8) is 0 Å². The van der Waals surface area contributed by atoms with Crippen LogP contribution in [-0.2, 0) is 4.79 Å². The Labute approximate surface area is 69.7 Å². The summed E-state index contributed by atoms with van der Waals surface area (Å²) in [4.78, 5) is 9.51. The molecule has 0 saturated heterocycles. The predicted molar refractivity (Wildman–Crippen MR) is 26.7 cm³/mol. The van der Waals surface area contributed by atoms with Crippen molar-refractivity contribution in [1.82, 2.24) is 0 Å². The quantitative estimate of drug-likeness (QED) is 0.274. The third-order valence-corrected chi connectivity index (χ3v) is 0.468. The average Bonchev–Trinajstić information content (AvgIpc) is 1.38. The molecule has 7 heavy (non-hydrogen) atoms. The molecule has 0 bridgehead atoms. The van der Waals surface area contributed by atoms with Crippen LogP contribution in [0.25, 0.3) is 0 Å². The maximum atomic E-state index is 9.51. The molecule has 4 N–H and O–H groups in total. The summed E-state index contributed by atoms with van der Waals surface area (Å²) in [7, 11) is 0. The fourth-order valence-corrected chi connectivity index (χ4v) is 0. The molecule has 0 saturated carbocycles. The second kappa shape index (κ2) is 9.91. The topological polar surface area (TPSA) is 74.6 Å². The number of amides is 1. The van der Waals surface area contributed by atoms with Crippen molar-refractivity contribution in [3.8, 4) is 0 Å². The minimum absolute atomic E-state index is 0. The molecule has 0 heterocycles. The Balaban J connectivity index is -0.0000000800. The second-order valence-corrected chi connectivity index (χ2v) is 0.941. The molecule has 0 aromatic rings. The Morgan fingerprint density at radius 3 is 1.86 bits per heavy atom. The van der Waals surface area contributed by atoms with E-state index in [4.69, 9.17) is 0 Å². The number of hydrogen-bond acceptors (Lipinski definition) is 2. The number of primary amides is 1. The van der Waals surface area contributed by atoms with E-state index in [1.54, 1.807) is 0 Å². The summed E-state index contributed by atoms with van der Waals surface area (Å²) in [5.74, 6) is -0.242. The molecule has 0 aliphatic carbocycles. The first-order chi connectivity index (χ1) is 2.27. The van der Waals surface area contributed by atoms with Gasteiger partial charge in [-0.05, 0) is 0 Å². The smallest absolute Gasteiger partial charge is 0.412 e. The van der Waals surface area contributed by atoms with Crippen molar-refractivity contribution in [2.75, 3.05) is 5.75 Å². The number of carbonyl (C=O) groups is 1. The van der Waals surface area contributed by atoms with Crippen molar-refractivity contribution in [2.45, 2.75) is 0 Å². The predicted octanol–water partition coefficient (Wildman–Crippen LogP) is -4.42. The van der Waals surface area contributed by atoms with E-state index in [2.05, 4.69) is 18.4 Å². The zero-order valence-corrected chi connectivity index (χ0v) is 7.03. The minimum Gasteiger partial charge on any atom is -0.412 e. The van der Waals surface area contributed by atoms with Crippen LogP contribution < -0.4 is 35.3 Å². The van der Waals surface area contributed by atoms with Crippen molar-refractivity contribution < 1.29 is 39.8 Å². The third kappa shape index (κ3) is 20.0. The third-order valence-electron chi connectivity index (χ3n) is 0.156. The van der Waals surface area contributed by atoms with E-state index >= 15 is 0 Å². The zero-order valence-electron chi connectivity index (χ0n) is 4.14. The molecule has 0 aromatic carbocycles. The first-order valence-electron chi connectivity index (χ1n) is 1.16. The first-order valence-corrected chi connectivity index (χ1v) is 1.80. The van der Waals surface area contributed by atoms with Crippen molar-refractivity contribution >= 4 is 18.5 Å². The maximum Gasteiger partial charge on any atom is 1.00 e. The molecular formula is C2H7NNaO2S+. The van der Waals surface area contributed by atoms with Crippen LogP contribution in [0, 0.1) is 0 Å². The van der Waals surface area contributed by atoms with Crippen LogP contribution >= 0.6 is 12.6 Å². The second-order valence-electron chi connectivity index (χ2n) is 0.624. The molecule has 0 rings (SSSR count). The van der Waals surface area contributed by atoms with Crippen molar-refractivity contribution in [3.05, 3.63) is 0 Å².